The lowest BCUT2D eigenvalue weighted by Crippen LogP contribution is -2.07. The highest BCUT2D eigenvalue weighted by Crippen LogP contribution is 2.33. The second-order valence-corrected chi connectivity index (χ2v) is 4.16. The average Bonchev–Trinajstić information content (AvgIpc) is 2.68. The minimum atomic E-state index is -4.43. The van der Waals surface area contributed by atoms with Crippen LogP contribution in [0.3, 0.4) is 0 Å². The monoisotopic (exact) mass is 270 g/mol. The van der Waals surface area contributed by atoms with Gasteiger partial charge in [0.25, 0.3) is 0 Å². The maximum Gasteiger partial charge on any atom is 0.416 e. The van der Waals surface area contributed by atoms with Crippen LogP contribution in [-0.4, -0.2) is 14.8 Å². The van der Waals surface area contributed by atoms with Gasteiger partial charge >= 0.3 is 6.18 Å². The van der Waals surface area contributed by atoms with Crippen molar-refractivity contribution in [2.45, 2.75) is 26.6 Å². The molecule has 1 heterocycles. The average molecular weight is 270 g/mol. The third-order valence-corrected chi connectivity index (χ3v) is 2.79. The molecule has 7 heteroatoms. The van der Waals surface area contributed by atoms with E-state index in [0.29, 0.717) is 23.8 Å². The molecule has 0 spiro atoms. The van der Waals surface area contributed by atoms with E-state index in [4.69, 9.17) is 5.73 Å². The molecule has 1 aromatic carbocycles. The Hall–Kier alpha value is -2.05. The second kappa shape index (κ2) is 4.56. The molecule has 2 N–H and O–H groups in total. The summed E-state index contributed by atoms with van der Waals surface area (Å²) in [6, 6.07) is 3.40. The highest BCUT2D eigenvalue weighted by molar-refractivity contribution is 5.63. The van der Waals surface area contributed by atoms with Crippen LogP contribution in [0.2, 0.25) is 0 Å². The molecule has 0 unspecified atom stereocenters. The normalized spacial score (nSPS) is 11.8. The molecular formula is C12H13F3N4. The van der Waals surface area contributed by atoms with Crippen molar-refractivity contribution >= 4 is 5.69 Å². The summed E-state index contributed by atoms with van der Waals surface area (Å²) >= 11 is 0. The van der Waals surface area contributed by atoms with Crippen molar-refractivity contribution < 1.29 is 13.2 Å². The summed E-state index contributed by atoms with van der Waals surface area (Å²) in [6.45, 7) is 4.19. The highest BCUT2D eigenvalue weighted by Gasteiger charge is 2.31. The molecule has 2 aromatic rings. The number of hydrogen-bond donors (Lipinski definition) is 1. The van der Waals surface area contributed by atoms with Gasteiger partial charge in [0.15, 0.2) is 5.82 Å². The zero-order valence-corrected chi connectivity index (χ0v) is 10.5. The predicted octanol–water partition coefficient (Wildman–Crippen LogP) is 2.87. The van der Waals surface area contributed by atoms with Crippen molar-refractivity contribution in [2.75, 3.05) is 5.73 Å². The van der Waals surface area contributed by atoms with Gasteiger partial charge in [-0.25, -0.2) is 0 Å². The molecule has 0 atom stereocenters. The minimum absolute atomic E-state index is 0.0492. The van der Waals surface area contributed by atoms with E-state index in [1.165, 1.54) is 6.07 Å². The molecule has 0 saturated heterocycles. The molecule has 0 radical (unpaired) electrons. The number of aryl methyl sites for hydroxylation is 1. The number of nitrogens with two attached hydrogens (primary N) is 1. The van der Waals surface area contributed by atoms with Crippen LogP contribution >= 0.6 is 0 Å². The van der Waals surface area contributed by atoms with Crippen LogP contribution in [-0.2, 0) is 12.7 Å². The van der Waals surface area contributed by atoms with Gasteiger partial charge in [-0.3, -0.25) is 0 Å². The van der Waals surface area contributed by atoms with E-state index in [2.05, 4.69) is 10.2 Å². The molecule has 4 nitrogen and oxygen atoms in total. The molecule has 2 rings (SSSR count). The summed E-state index contributed by atoms with van der Waals surface area (Å²) in [5.41, 5.74) is 5.11. The standard InChI is InChI=1S/C12H13F3N4/c1-3-19-7(2)17-18-11(19)8-4-9(12(13,14)15)6-10(16)5-8/h4-6H,3,16H2,1-2H3. The fraction of sp³-hybridized carbons (Fsp3) is 0.333. The van der Waals surface area contributed by atoms with Crippen LogP contribution in [0.5, 0.6) is 0 Å². The fourth-order valence-electron chi connectivity index (χ4n) is 1.92. The Labute approximate surface area is 108 Å². The van der Waals surface area contributed by atoms with Crippen LogP contribution < -0.4 is 5.73 Å². The molecule has 102 valence electrons. The van der Waals surface area contributed by atoms with Gasteiger partial charge in [0, 0.05) is 17.8 Å². The van der Waals surface area contributed by atoms with Crippen molar-refractivity contribution in [3.63, 3.8) is 0 Å². The number of anilines is 1. The second-order valence-electron chi connectivity index (χ2n) is 4.16. The van der Waals surface area contributed by atoms with E-state index in [-0.39, 0.29) is 5.69 Å². The van der Waals surface area contributed by atoms with E-state index >= 15 is 0 Å². The van der Waals surface area contributed by atoms with Crippen molar-refractivity contribution in [1.82, 2.24) is 14.8 Å². The zero-order valence-electron chi connectivity index (χ0n) is 10.5. The number of halogens is 3. The van der Waals surface area contributed by atoms with Crippen molar-refractivity contribution in [3.05, 3.63) is 29.6 Å². The first kappa shape index (κ1) is 13.4. The highest BCUT2D eigenvalue weighted by atomic mass is 19.4. The fourth-order valence-corrected chi connectivity index (χ4v) is 1.92. The number of alkyl halides is 3. The van der Waals surface area contributed by atoms with Crippen molar-refractivity contribution in [2.24, 2.45) is 0 Å². The lowest BCUT2D eigenvalue weighted by molar-refractivity contribution is -0.137. The maximum absolute atomic E-state index is 12.8. The third kappa shape index (κ3) is 2.54. The molecule has 0 saturated carbocycles. The number of hydrogen-bond acceptors (Lipinski definition) is 3. The van der Waals surface area contributed by atoms with Crippen LogP contribution in [0.15, 0.2) is 18.2 Å². The van der Waals surface area contributed by atoms with Gasteiger partial charge in [0.2, 0.25) is 0 Å². The SMILES string of the molecule is CCn1c(C)nnc1-c1cc(N)cc(C(F)(F)F)c1. The van der Waals surface area contributed by atoms with Crippen LogP contribution in [0.4, 0.5) is 18.9 Å². The third-order valence-electron chi connectivity index (χ3n) is 2.79. The van der Waals surface area contributed by atoms with Gasteiger partial charge in [0.05, 0.1) is 5.56 Å². The number of rotatable bonds is 2. The van der Waals surface area contributed by atoms with Gasteiger partial charge in [-0.1, -0.05) is 0 Å². The summed E-state index contributed by atoms with van der Waals surface area (Å²) < 4.78 is 40.0. The first-order valence-electron chi connectivity index (χ1n) is 5.71. The number of benzene rings is 1. The molecule has 0 aliphatic rings. The Bertz CT molecular complexity index is 602. The van der Waals surface area contributed by atoms with Crippen LogP contribution in [0, 0.1) is 6.92 Å². The topological polar surface area (TPSA) is 56.7 Å². The Morgan fingerprint density at radius 1 is 1.21 bits per heavy atom. The van der Waals surface area contributed by atoms with Gasteiger partial charge in [-0.05, 0) is 32.0 Å². The molecule has 0 aliphatic carbocycles. The van der Waals surface area contributed by atoms with Crippen molar-refractivity contribution in [3.8, 4) is 11.4 Å². The van der Waals surface area contributed by atoms with Crippen LogP contribution in [0.25, 0.3) is 11.4 Å². The first-order valence-corrected chi connectivity index (χ1v) is 5.71. The molecular weight excluding hydrogens is 257 g/mol. The quantitative estimate of drug-likeness (QED) is 0.854. The van der Waals surface area contributed by atoms with Gasteiger partial charge in [-0.2, -0.15) is 13.2 Å². The van der Waals surface area contributed by atoms with E-state index in [9.17, 15) is 13.2 Å². The van der Waals surface area contributed by atoms with Crippen LogP contribution in [0.1, 0.15) is 18.3 Å². The largest absolute Gasteiger partial charge is 0.416 e. The summed E-state index contributed by atoms with van der Waals surface area (Å²) in [5, 5.41) is 7.79. The van der Waals surface area contributed by atoms with E-state index in [0.717, 1.165) is 12.1 Å². The summed E-state index contributed by atoms with van der Waals surface area (Å²) in [4.78, 5) is 0. The molecule has 0 bridgehead atoms. The van der Waals surface area contributed by atoms with Gasteiger partial charge < -0.3 is 10.3 Å². The Balaban J connectivity index is 2.59. The number of nitrogens with zero attached hydrogens (tertiary/aromatic N) is 3. The minimum Gasteiger partial charge on any atom is -0.399 e. The molecule has 1 aromatic heterocycles. The summed E-state index contributed by atoms with van der Waals surface area (Å²) in [5.74, 6) is 1.03. The molecule has 19 heavy (non-hydrogen) atoms. The summed E-state index contributed by atoms with van der Waals surface area (Å²) in [6.07, 6.45) is -4.43. The molecule has 0 amide bonds. The maximum atomic E-state index is 12.8. The smallest absolute Gasteiger partial charge is 0.399 e. The summed E-state index contributed by atoms with van der Waals surface area (Å²) in [7, 11) is 0. The number of nitrogen functional groups attached to an aromatic ring is 1. The van der Waals surface area contributed by atoms with Crippen molar-refractivity contribution in [1.29, 1.82) is 0 Å². The van der Waals surface area contributed by atoms with E-state index in [1.807, 2.05) is 6.92 Å². The lowest BCUT2D eigenvalue weighted by Gasteiger charge is -2.11. The van der Waals surface area contributed by atoms with Gasteiger partial charge in [-0.15, -0.1) is 10.2 Å². The predicted molar refractivity (Wildman–Crippen MR) is 65.3 cm³/mol. The Morgan fingerprint density at radius 3 is 2.47 bits per heavy atom. The van der Waals surface area contributed by atoms with E-state index in [1.54, 1.807) is 11.5 Å². The van der Waals surface area contributed by atoms with Gasteiger partial charge in [0.1, 0.15) is 5.82 Å². The number of aromatic nitrogens is 3. The molecule has 0 aliphatic heterocycles. The molecule has 0 fully saturated rings. The Kier molecular flexibility index (Phi) is 3.21. The lowest BCUT2D eigenvalue weighted by atomic mass is 10.1. The zero-order chi connectivity index (χ0) is 14.2. The Morgan fingerprint density at radius 2 is 1.89 bits per heavy atom. The van der Waals surface area contributed by atoms with E-state index < -0.39 is 11.7 Å². The first-order chi connectivity index (χ1) is 8.82.